The van der Waals surface area contributed by atoms with Crippen LogP contribution in [0.4, 0.5) is 5.82 Å². The monoisotopic (exact) mass is 257 g/mol. The Balaban J connectivity index is 2.41. The highest BCUT2D eigenvalue weighted by Gasteiger charge is 2.19. The van der Waals surface area contributed by atoms with E-state index in [-0.39, 0.29) is 12.4 Å². The molecule has 2 heterocycles. The van der Waals surface area contributed by atoms with Crippen molar-refractivity contribution in [3.63, 3.8) is 0 Å². The molecule has 92 valence electrons. The quantitative estimate of drug-likeness (QED) is 0.722. The van der Waals surface area contributed by atoms with Crippen LogP contribution in [0.1, 0.15) is 6.92 Å². The molecule has 9 heteroatoms. The lowest BCUT2D eigenvalue weighted by molar-refractivity contribution is 0.461. The second-order valence-corrected chi connectivity index (χ2v) is 5.49. The second-order valence-electron chi connectivity index (χ2n) is 3.65. The van der Waals surface area contributed by atoms with Crippen LogP contribution in [0.2, 0.25) is 0 Å². The zero-order valence-electron chi connectivity index (χ0n) is 8.98. The summed E-state index contributed by atoms with van der Waals surface area (Å²) in [4.78, 5) is 11.7. The minimum absolute atomic E-state index is 0.0474. The predicted molar refractivity (Wildman–Crippen MR) is 60.7 cm³/mol. The number of nitrogen functional groups attached to an aromatic ring is 1. The van der Waals surface area contributed by atoms with Gasteiger partial charge < -0.3 is 10.3 Å². The Morgan fingerprint density at radius 2 is 2.18 bits per heavy atom. The van der Waals surface area contributed by atoms with Gasteiger partial charge in [0.25, 0.3) is 10.1 Å². The van der Waals surface area contributed by atoms with Gasteiger partial charge in [-0.15, -0.1) is 0 Å². The molecule has 0 fully saturated rings. The largest absolute Gasteiger partial charge is 0.382 e. The molecular formula is C8H11N5O3S. The predicted octanol–water partition coefficient (Wildman–Crippen LogP) is -0.315. The van der Waals surface area contributed by atoms with Gasteiger partial charge in [-0.25, -0.2) is 15.0 Å². The van der Waals surface area contributed by atoms with Crippen LogP contribution in [0.5, 0.6) is 0 Å². The van der Waals surface area contributed by atoms with Gasteiger partial charge in [-0.3, -0.25) is 4.55 Å². The number of nitrogens with two attached hydrogens (primary N) is 1. The lowest BCUT2D eigenvalue weighted by Gasteiger charge is -2.08. The first-order valence-electron chi connectivity index (χ1n) is 4.77. The number of aromatic nitrogens is 4. The standard InChI is InChI=1S/C8H11N5O3S/c1-5(17(14,15)16)2-13-4-12-6-7(9)10-3-11-8(6)13/h3-5H,2H2,1H3,(H2,9,10,11)(H,14,15,16). The van der Waals surface area contributed by atoms with Gasteiger partial charge in [0.1, 0.15) is 17.1 Å². The molecule has 17 heavy (non-hydrogen) atoms. The van der Waals surface area contributed by atoms with Crippen LogP contribution in [0.25, 0.3) is 11.2 Å². The van der Waals surface area contributed by atoms with E-state index in [0.29, 0.717) is 11.2 Å². The molecular weight excluding hydrogens is 246 g/mol. The molecule has 8 nitrogen and oxygen atoms in total. The summed E-state index contributed by atoms with van der Waals surface area (Å²) in [6.07, 6.45) is 2.69. The molecule has 0 saturated carbocycles. The number of hydrogen-bond acceptors (Lipinski definition) is 6. The van der Waals surface area contributed by atoms with Gasteiger partial charge in [0.2, 0.25) is 0 Å². The van der Waals surface area contributed by atoms with E-state index >= 15 is 0 Å². The first kappa shape index (κ1) is 11.7. The molecule has 3 N–H and O–H groups in total. The molecule has 0 aliphatic carbocycles. The Hall–Kier alpha value is -1.74. The third kappa shape index (κ3) is 2.19. The number of nitrogens with zero attached hydrogens (tertiary/aromatic N) is 4. The second kappa shape index (κ2) is 3.93. The molecule has 1 unspecified atom stereocenters. The number of hydrogen-bond donors (Lipinski definition) is 2. The minimum Gasteiger partial charge on any atom is -0.382 e. The maximum absolute atomic E-state index is 10.9. The molecule has 0 aliphatic heterocycles. The van der Waals surface area contributed by atoms with Gasteiger partial charge in [0, 0.05) is 6.54 Å². The Bertz CT molecular complexity index is 650. The van der Waals surface area contributed by atoms with Crippen molar-refractivity contribution in [1.82, 2.24) is 19.5 Å². The van der Waals surface area contributed by atoms with Crippen LogP contribution in [0.15, 0.2) is 12.7 Å². The Kier molecular flexibility index (Phi) is 2.71. The Morgan fingerprint density at radius 1 is 1.47 bits per heavy atom. The smallest absolute Gasteiger partial charge is 0.269 e. The maximum Gasteiger partial charge on any atom is 0.269 e. The van der Waals surface area contributed by atoms with E-state index in [1.165, 1.54) is 24.1 Å². The van der Waals surface area contributed by atoms with Gasteiger partial charge in [-0.05, 0) is 6.92 Å². The average Bonchev–Trinajstić information content (AvgIpc) is 2.62. The first-order chi connectivity index (χ1) is 7.89. The van der Waals surface area contributed by atoms with Crippen molar-refractivity contribution in [1.29, 1.82) is 0 Å². The van der Waals surface area contributed by atoms with Crippen molar-refractivity contribution in [2.45, 2.75) is 18.7 Å². The molecule has 0 aromatic carbocycles. The number of imidazole rings is 1. The van der Waals surface area contributed by atoms with E-state index in [0.717, 1.165) is 0 Å². The van der Waals surface area contributed by atoms with E-state index in [2.05, 4.69) is 15.0 Å². The zero-order valence-corrected chi connectivity index (χ0v) is 9.79. The van der Waals surface area contributed by atoms with Gasteiger partial charge in [0.05, 0.1) is 6.33 Å². The summed E-state index contributed by atoms with van der Waals surface area (Å²) in [5.41, 5.74) is 6.44. The number of fused-ring (bicyclic) bond motifs is 1. The lowest BCUT2D eigenvalue weighted by atomic mass is 10.4. The zero-order chi connectivity index (χ0) is 12.6. The highest BCUT2D eigenvalue weighted by Crippen LogP contribution is 2.15. The van der Waals surface area contributed by atoms with Crippen LogP contribution < -0.4 is 5.73 Å². The number of anilines is 1. The maximum atomic E-state index is 10.9. The molecule has 0 amide bonds. The molecule has 1 atom stereocenters. The first-order valence-corrected chi connectivity index (χ1v) is 6.27. The Morgan fingerprint density at radius 3 is 2.82 bits per heavy atom. The molecule has 0 aliphatic rings. The molecule has 0 bridgehead atoms. The van der Waals surface area contributed by atoms with E-state index in [1.54, 1.807) is 0 Å². The number of rotatable bonds is 3. The van der Waals surface area contributed by atoms with Crippen molar-refractivity contribution < 1.29 is 13.0 Å². The van der Waals surface area contributed by atoms with Gasteiger partial charge in [-0.2, -0.15) is 8.42 Å². The summed E-state index contributed by atoms with van der Waals surface area (Å²) in [7, 11) is -4.08. The van der Waals surface area contributed by atoms with Crippen molar-refractivity contribution in [2.24, 2.45) is 0 Å². The molecule has 2 aromatic rings. The summed E-state index contributed by atoms with van der Waals surface area (Å²) >= 11 is 0. The van der Waals surface area contributed by atoms with Gasteiger partial charge >= 0.3 is 0 Å². The molecule has 2 rings (SSSR count). The third-order valence-electron chi connectivity index (χ3n) is 2.39. The highest BCUT2D eigenvalue weighted by atomic mass is 32.2. The SMILES string of the molecule is CC(Cn1cnc2c(N)ncnc21)S(=O)(=O)O. The minimum atomic E-state index is -4.08. The normalized spacial score (nSPS) is 14.0. The van der Waals surface area contributed by atoms with E-state index in [1.807, 2.05) is 0 Å². The molecule has 0 spiro atoms. The molecule has 2 aromatic heterocycles. The fourth-order valence-corrected chi connectivity index (χ4v) is 1.75. The van der Waals surface area contributed by atoms with Crippen molar-refractivity contribution >= 4 is 27.1 Å². The van der Waals surface area contributed by atoms with E-state index < -0.39 is 15.4 Å². The summed E-state index contributed by atoms with van der Waals surface area (Å²) < 4.78 is 32.2. The fourth-order valence-electron chi connectivity index (χ4n) is 1.40. The summed E-state index contributed by atoms with van der Waals surface area (Å²) in [6, 6.07) is 0. The fraction of sp³-hybridized carbons (Fsp3) is 0.375. The van der Waals surface area contributed by atoms with Gasteiger partial charge in [0.15, 0.2) is 11.5 Å². The highest BCUT2D eigenvalue weighted by molar-refractivity contribution is 7.86. The van der Waals surface area contributed by atoms with E-state index in [4.69, 9.17) is 10.3 Å². The van der Waals surface area contributed by atoms with Crippen molar-refractivity contribution in [3.05, 3.63) is 12.7 Å². The van der Waals surface area contributed by atoms with Crippen LogP contribution >= 0.6 is 0 Å². The third-order valence-corrected chi connectivity index (χ3v) is 3.56. The van der Waals surface area contributed by atoms with Crippen LogP contribution in [-0.4, -0.2) is 37.7 Å². The van der Waals surface area contributed by atoms with Crippen molar-refractivity contribution in [3.8, 4) is 0 Å². The molecule has 0 saturated heterocycles. The topological polar surface area (TPSA) is 124 Å². The van der Waals surface area contributed by atoms with Crippen LogP contribution in [-0.2, 0) is 16.7 Å². The summed E-state index contributed by atoms with van der Waals surface area (Å²) in [6.45, 7) is 1.44. The van der Waals surface area contributed by atoms with Crippen LogP contribution in [0.3, 0.4) is 0 Å². The van der Waals surface area contributed by atoms with E-state index in [9.17, 15) is 8.42 Å². The lowest BCUT2D eigenvalue weighted by Crippen LogP contribution is -2.22. The van der Waals surface area contributed by atoms with Crippen LogP contribution in [0, 0.1) is 0 Å². The molecule has 0 radical (unpaired) electrons. The summed E-state index contributed by atoms with van der Waals surface area (Å²) in [5, 5.41) is -0.948. The Labute approximate surface area is 97.3 Å². The average molecular weight is 257 g/mol. The summed E-state index contributed by atoms with van der Waals surface area (Å²) in [5.74, 6) is 0.230. The van der Waals surface area contributed by atoms with Gasteiger partial charge in [-0.1, -0.05) is 0 Å². The van der Waals surface area contributed by atoms with Crippen molar-refractivity contribution in [2.75, 3.05) is 5.73 Å².